The number of nitrogens with zero attached hydrogens (tertiary/aromatic N) is 1. The molecule has 3 heteroatoms. The quantitative estimate of drug-likeness (QED) is 0.850. The standard InChI is InChI=1S/C16H32N2O/c1-6-19-15-7-14(16(15,4)5)18-10-12(2)8-17-9-13(3)11-18/h12-15,17H,6-11H2,1-5H3. The van der Waals surface area contributed by atoms with Crippen LogP contribution < -0.4 is 5.32 Å². The van der Waals surface area contributed by atoms with Gasteiger partial charge < -0.3 is 10.1 Å². The number of rotatable bonds is 3. The van der Waals surface area contributed by atoms with Crippen molar-refractivity contribution in [1.82, 2.24) is 10.2 Å². The first-order chi connectivity index (χ1) is 8.95. The molecule has 1 heterocycles. The number of hydrogen-bond acceptors (Lipinski definition) is 3. The van der Waals surface area contributed by atoms with E-state index >= 15 is 0 Å². The average molecular weight is 268 g/mol. The molecule has 1 N–H and O–H groups in total. The summed E-state index contributed by atoms with van der Waals surface area (Å²) >= 11 is 0. The molecule has 0 spiro atoms. The number of nitrogens with one attached hydrogen (secondary N) is 1. The maximum absolute atomic E-state index is 5.88. The minimum atomic E-state index is 0.308. The summed E-state index contributed by atoms with van der Waals surface area (Å²) in [4.78, 5) is 2.74. The first-order valence-electron chi connectivity index (χ1n) is 8.01. The van der Waals surface area contributed by atoms with E-state index in [9.17, 15) is 0 Å². The van der Waals surface area contributed by atoms with Crippen LogP contribution in [0.15, 0.2) is 0 Å². The Labute approximate surface area is 119 Å². The van der Waals surface area contributed by atoms with Gasteiger partial charge in [-0.15, -0.1) is 0 Å². The summed E-state index contributed by atoms with van der Waals surface area (Å²) in [6.45, 7) is 17.2. The molecule has 112 valence electrons. The molecule has 1 aliphatic heterocycles. The Morgan fingerprint density at radius 2 is 1.74 bits per heavy atom. The van der Waals surface area contributed by atoms with Crippen LogP contribution in [0.2, 0.25) is 0 Å². The molecule has 2 fully saturated rings. The smallest absolute Gasteiger partial charge is 0.0655 e. The topological polar surface area (TPSA) is 24.5 Å². The molecule has 4 unspecified atom stereocenters. The molecule has 1 saturated heterocycles. The van der Waals surface area contributed by atoms with Crippen LogP contribution in [-0.2, 0) is 4.74 Å². The van der Waals surface area contributed by atoms with E-state index in [0.717, 1.165) is 31.5 Å². The normalized spacial score (nSPS) is 40.3. The molecule has 1 saturated carbocycles. The van der Waals surface area contributed by atoms with Gasteiger partial charge in [-0.25, -0.2) is 0 Å². The Bertz CT molecular complexity index is 280. The molecule has 4 atom stereocenters. The zero-order chi connectivity index (χ0) is 14.0. The van der Waals surface area contributed by atoms with E-state index in [1.807, 2.05) is 0 Å². The van der Waals surface area contributed by atoms with Gasteiger partial charge in [0, 0.05) is 31.2 Å². The lowest BCUT2D eigenvalue weighted by Crippen LogP contribution is -2.64. The van der Waals surface area contributed by atoms with Crippen molar-refractivity contribution in [3.63, 3.8) is 0 Å². The monoisotopic (exact) mass is 268 g/mol. The highest BCUT2D eigenvalue weighted by molar-refractivity contribution is 5.04. The van der Waals surface area contributed by atoms with Crippen LogP contribution in [0.3, 0.4) is 0 Å². The van der Waals surface area contributed by atoms with Gasteiger partial charge in [0.05, 0.1) is 6.10 Å². The van der Waals surface area contributed by atoms with Gasteiger partial charge in [-0.2, -0.15) is 0 Å². The van der Waals surface area contributed by atoms with Crippen molar-refractivity contribution in [3.05, 3.63) is 0 Å². The SMILES string of the molecule is CCOC1CC(N2CC(C)CNCC(C)C2)C1(C)C. The van der Waals surface area contributed by atoms with Crippen molar-refractivity contribution in [1.29, 1.82) is 0 Å². The molecule has 2 rings (SSSR count). The minimum Gasteiger partial charge on any atom is -0.378 e. The lowest BCUT2D eigenvalue weighted by molar-refractivity contribution is -0.154. The molecule has 0 radical (unpaired) electrons. The van der Waals surface area contributed by atoms with Crippen LogP contribution in [0, 0.1) is 17.3 Å². The molecule has 19 heavy (non-hydrogen) atoms. The fourth-order valence-electron chi connectivity index (χ4n) is 3.80. The largest absolute Gasteiger partial charge is 0.378 e. The summed E-state index contributed by atoms with van der Waals surface area (Å²) in [5, 5.41) is 3.58. The van der Waals surface area contributed by atoms with E-state index in [2.05, 4.69) is 44.8 Å². The molecule has 2 aliphatic rings. The molecule has 1 aliphatic carbocycles. The molecule has 0 amide bonds. The first kappa shape index (κ1) is 15.3. The van der Waals surface area contributed by atoms with Gasteiger partial charge in [0.25, 0.3) is 0 Å². The third kappa shape index (κ3) is 3.32. The zero-order valence-electron chi connectivity index (χ0n) is 13.4. The summed E-state index contributed by atoms with van der Waals surface area (Å²) in [5.41, 5.74) is 0.308. The Morgan fingerprint density at radius 3 is 2.21 bits per heavy atom. The number of hydrogen-bond donors (Lipinski definition) is 1. The van der Waals surface area contributed by atoms with Crippen molar-refractivity contribution in [2.45, 2.75) is 53.2 Å². The van der Waals surface area contributed by atoms with E-state index in [4.69, 9.17) is 4.74 Å². The highest BCUT2D eigenvalue weighted by atomic mass is 16.5. The Kier molecular flexibility index (Phi) is 4.91. The number of ether oxygens (including phenoxy) is 1. The maximum Gasteiger partial charge on any atom is 0.0655 e. The first-order valence-corrected chi connectivity index (χ1v) is 8.01. The van der Waals surface area contributed by atoms with E-state index in [0.29, 0.717) is 17.6 Å². The van der Waals surface area contributed by atoms with Crippen LogP contribution in [0.25, 0.3) is 0 Å². The van der Waals surface area contributed by atoms with Gasteiger partial charge in [-0.3, -0.25) is 4.90 Å². The van der Waals surface area contributed by atoms with Crippen molar-refractivity contribution in [3.8, 4) is 0 Å². The van der Waals surface area contributed by atoms with Crippen LogP contribution in [-0.4, -0.2) is 49.8 Å². The second kappa shape index (κ2) is 6.11. The van der Waals surface area contributed by atoms with E-state index < -0.39 is 0 Å². The zero-order valence-corrected chi connectivity index (χ0v) is 13.4. The molecule has 0 aromatic carbocycles. The lowest BCUT2D eigenvalue weighted by atomic mass is 9.63. The third-order valence-corrected chi connectivity index (χ3v) is 5.01. The van der Waals surface area contributed by atoms with Gasteiger partial charge in [0.1, 0.15) is 0 Å². The van der Waals surface area contributed by atoms with Crippen molar-refractivity contribution >= 4 is 0 Å². The van der Waals surface area contributed by atoms with Gasteiger partial charge in [-0.1, -0.05) is 27.7 Å². The highest BCUT2D eigenvalue weighted by Gasteiger charge is 2.51. The lowest BCUT2D eigenvalue weighted by Gasteiger charge is -2.57. The summed E-state index contributed by atoms with van der Waals surface area (Å²) in [6.07, 6.45) is 1.67. The van der Waals surface area contributed by atoms with Gasteiger partial charge in [0.2, 0.25) is 0 Å². The fraction of sp³-hybridized carbons (Fsp3) is 1.00. The van der Waals surface area contributed by atoms with Crippen molar-refractivity contribution in [2.75, 3.05) is 32.8 Å². The summed E-state index contributed by atoms with van der Waals surface area (Å²) in [5.74, 6) is 1.49. The van der Waals surface area contributed by atoms with Gasteiger partial charge in [0.15, 0.2) is 0 Å². The molecule has 3 nitrogen and oxygen atoms in total. The van der Waals surface area contributed by atoms with Crippen LogP contribution >= 0.6 is 0 Å². The predicted molar refractivity (Wildman–Crippen MR) is 80.4 cm³/mol. The molecular formula is C16H32N2O. The van der Waals surface area contributed by atoms with E-state index in [-0.39, 0.29) is 0 Å². The predicted octanol–water partition coefficient (Wildman–Crippen LogP) is 2.37. The van der Waals surface area contributed by atoms with E-state index in [1.54, 1.807) is 0 Å². The Hall–Kier alpha value is -0.120. The maximum atomic E-state index is 5.88. The Balaban J connectivity index is 1.99. The van der Waals surface area contributed by atoms with Crippen LogP contribution in [0.1, 0.15) is 41.0 Å². The molecule has 0 aromatic heterocycles. The van der Waals surface area contributed by atoms with Crippen LogP contribution in [0.4, 0.5) is 0 Å². The summed E-state index contributed by atoms with van der Waals surface area (Å²) in [6, 6.07) is 0.701. The second-order valence-corrected chi connectivity index (χ2v) is 7.34. The highest BCUT2D eigenvalue weighted by Crippen LogP contribution is 2.46. The van der Waals surface area contributed by atoms with Gasteiger partial charge in [-0.05, 0) is 38.3 Å². The molecule has 0 bridgehead atoms. The van der Waals surface area contributed by atoms with Gasteiger partial charge >= 0.3 is 0 Å². The van der Waals surface area contributed by atoms with Crippen molar-refractivity contribution in [2.24, 2.45) is 17.3 Å². The summed E-state index contributed by atoms with van der Waals surface area (Å²) in [7, 11) is 0. The Morgan fingerprint density at radius 1 is 1.16 bits per heavy atom. The van der Waals surface area contributed by atoms with Crippen molar-refractivity contribution < 1.29 is 4.74 Å². The second-order valence-electron chi connectivity index (χ2n) is 7.34. The molecule has 0 aromatic rings. The summed E-state index contributed by atoms with van der Waals surface area (Å²) < 4.78 is 5.88. The average Bonchev–Trinajstić information content (AvgIpc) is 2.31. The third-order valence-electron chi connectivity index (χ3n) is 5.01. The minimum absolute atomic E-state index is 0.308. The fourth-order valence-corrected chi connectivity index (χ4v) is 3.80. The van der Waals surface area contributed by atoms with E-state index in [1.165, 1.54) is 19.5 Å². The van der Waals surface area contributed by atoms with Crippen LogP contribution in [0.5, 0.6) is 0 Å². The molecular weight excluding hydrogens is 236 g/mol.